The topological polar surface area (TPSA) is 75.4 Å². The first-order valence-electron chi connectivity index (χ1n) is 6.57. The van der Waals surface area contributed by atoms with E-state index < -0.39 is 5.41 Å². The molecule has 6 heteroatoms. The molecule has 0 bridgehead atoms. The Morgan fingerprint density at radius 1 is 1.42 bits per heavy atom. The zero-order chi connectivity index (χ0) is 14.0. The van der Waals surface area contributed by atoms with E-state index in [0.29, 0.717) is 37.5 Å². The van der Waals surface area contributed by atoms with Crippen molar-refractivity contribution in [1.82, 2.24) is 10.1 Å². The molecule has 0 saturated heterocycles. The van der Waals surface area contributed by atoms with E-state index in [1.807, 2.05) is 13.8 Å². The number of carbonyl (C=O) groups excluding carboxylic acids is 2. The molecule has 0 unspecified atom stereocenters. The highest BCUT2D eigenvalue weighted by Crippen LogP contribution is 2.48. The van der Waals surface area contributed by atoms with Crippen molar-refractivity contribution in [3.63, 3.8) is 0 Å². The van der Waals surface area contributed by atoms with Gasteiger partial charge >= 0.3 is 0 Å². The summed E-state index contributed by atoms with van der Waals surface area (Å²) in [4.78, 5) is 26.3. The molecule has 0 spiro atoms. The second-order valence-electron chi connectivity index (χ2n) is 4.84. The first kappa shape index (κ1) is 13.6. The minimum atomic E-state index is -0.890. The van der Waals surface area contributed by atoms with Crippen molar-refractivity contribution >= 4 is 17.6 Å². The van der Waals surface area contributed by atoms with Gasteiger partial charge in [0.05, 0.1) is 0 Å². The molecule has 0 aromatic carbocycles. The third-order valence-electron chi connectivity index (χ3n) is 3.51. The van der Waals surface area contributed by atoms with Crippen LogP contribution in [0.1, 0.15) is 32.4 Å². The van der Waals surface area contributed by atoms with E-state index in [4.69, 9.17) is 4.52 Å². The minimum Gasteiger partial charge on any atom is -0.360 e. The average molecular weight is 265 g/mol. The Hall–Kier alpha value is -1.85. The number of anilines is 1. The van der Waals surface area contributed by atoms with Crippen LogP contribution in [0.2, 0.25) is 0 Å². The van der Waals surface area contributed by atoms with Crippen molar-refractivity contribution in [2.45, 2.75) is 33.6 Å². The molecule has 0 radical (unpaired) electrons. The number of hydrogen-bond acceptors (Lipinski definition) is 4. The van der Waals surface area contributed by atoms with E-state index in [0.717, 1.165) is 0 Å². The molecule has 6 nitrogen and oxygen atoms in total. The number of aryl methyl sites for hydroxylation is 1. The van der Waals surface area contributed by atoms with Crippen LogP contribution in [0.5, 0.6) is 0 Å². The highest BCUT2D eigenvalue weighted by molar-refractivity contribution is 6.12. The van der Waals surface area contributed by atoms with Crippen LogP contribution in [0.4, 0.5) is 5.82 Å². The minimum absolute atomic E-state index is 0.0878. The summed E-state index contributed by atoms with van der Waals surface area (Å²) >= 11 is 0. The number of nitrogens with zero attached hydrogens (tertiary/aromatic N) is 2. The van der Waals surface area contributed by atoms with E-state index in [9.17, 15) is 9.59 Å². The Kier molecular flexibility index (Phi) is 3.59. The van der Waals surface area contributed by atoms with Crippen molar-refractivity contribution in [3.05, 3.63) is 11.8 Å². The SMILES string of the molecule is CCN(CC)C(=O)C1(C(=O)Nc2cc(C)on2)CC1. The molecule has 1 saturated carbocycles. The molecule has 1 aliphatic carbocycles. The summed E-state index contributed by atoms with van der Waals surface area (Å²) in [5.41, 5.74) is -0.890. The number of carbonyl (C=O) groups is 2. The summed E-state index contributed by atoms with van der Waals surface area (Å²) in [5, 5.41) is 6.37. The van der Waals surface area contributed by atoms with Crippen LogP contribution in [0, 0.1) is 12.3 Å². The zero-order valence-electron chi connectivity index (χ0n) is 11.5. The monoisotopic (exact) mass is 265 g/mol. The van der Waals surface area contributed by atoms with E-state index in [1.54, 1.807) is 17.9 Å². The van der Waals surface area contributed by atoms with E-state index in [-0.39, 0.29) is 11.8 Å². The van der Waals surface area contributed by atoms with Gasteiger partial charge in [0.2, 0.25) is 11.8 Å². The first-order chi connectivity index (χ1) is 9.03. The van der Waals surface area contributed by atoms with E-state index in [1.165, 1.54) is 0 Å². The summed E-state index contributed by atoms with van der Waals surface area (Å²) in [7, 11) is 0. The molecular weight excluding hydrogens is 246 g/mol. The Labute approximate surface area is 112 Å². The Morgan fingerprint density at radius 2 is 2.05 bits per heavy atom. The van der Waals surface area contributed by atoms with Crippen molar-refractivity contribution in [3.8, 4) is 0 Å². The first-order valence-corrected chi connectivity index (χ1v) is 6.57. The van der Waals surface area contributed by atoms with Gasteiger partial charge in [0.25, 0.3) is 0 Å². The van der Waals surface area contributed by atoms with Crippen LogP contribution in [0.3, 0.4) is 0 Å². The maximum absolute atomic E-state index is 12.3. The lowest BCUT2D eigenvalue weighted by Gasteiger charge is -2.23. The largest absolute Gasteiger partial charge is 0.360 e. The fourth-order valence-corrected chi connectivity index (χ4v) is 2.14. The summed E-state index contributed by atoms with van der Waals surface area (Å²) in [6.45, 7) is 6.81. The summed E-state index contributed by atoms with van der Waals surface area (Å²) in [6.07, 6.45) is 1.20. The zero-order valence-corrected chi connectivity index (χ0v) is 11.5. The van der Waals surface area contributed by atoms with Gasteiger partial charge in [-0.3, -0.25) is 9.59 Å². The standard InChI is InChI=1S/C13H19N3O3/c1-4-16(5-2)12(18)13(6-7-13)11(17)14-10-8-9(3)19-15-10/h8H,4-7H2,1-3H3,(H,14,15,17). The fourth-order valence-electron chi connectivity index (χ4n) is 2.14. The van der Waals surface area contributed by atoms with Crippen molar-refractivity contribution in [2.75, 3.05) is 18.4 Å². The quantitative estimate of drug-likeness (QED) is 0.820. The van der Waals surface area contributed by atoms with Crippen molar-refractivity contribution < 1.29 is 14.1 Å². The highest BCUT2D eigenvalue weighted by Gasteiger charge is 2.57. The van der Waals surface area contributed by atoms with Gasteiger partial charge in [-0.25, -0.2) is 0 Å². The fraction of sp³-hybridized carbons (Fsp3) is 0.615. The predicted octanol–water partition coefficient (Wildman–Crippen LogP) is 1.57. The number of nitrogens with one attached hydrogen (secondary N) is 1. The summed E-state index contributed by atoms with van der Waals surface area (Å²) in [6, 6.07) is 1.63. The van der Waals surface area contributed by atoms with Crippen LogP contribution < -0.4 is 5.32 Å². The number of amides is 2. The normalized spacial score (nSPS) is 15.9. The van der Waals surface area contributed by atoms with Gasteiger partial charge in [0.1, 0.15) is 11.2 Å². The van der Waals surface area contributed by atoms with E-state index in [2.05, 4.69) is 10.5 Å². The van der Waals surface area contributed by atoms with Gasteiger partial charge in [0.15, 0.2) is 5.82 Å². The molecule has 2 amide bonds. The lowest BCUT2D eigenvalue weighted by molar-refractivity contribution is -0.141. The Morgan fingerprint density at radius 3 is 2.47 bits per heavy atom. The van der Waals surface area contributed by atoms with Crippen LogP contribution in [-0.2, 0) is 9.59 Å². The Balaban J connectivity index is 2.07. The second kappa shape index (κ2) is 5.03. The summed E-state index contributed by atoms with van der Waals surface area (Å²) < 4.78 is 4.89. The third-order valence-corrected chi connectivity index (χ3v) is 3.51. The van der Waals surface area contributed by atoms with Gasteiger partial charge in [-0.05, 0) is 33.6 Å². The predicted molar refractivity (Wildman–Crippen MR) is 69.5 cm³/mol. The Bertz CT molecular complexity index is 487. The second-order valence-corrected chi connectivity index (χ2v) is 4.84. The maximum atomic E-state index is 12.3. The van der Waals surface area contributed by atoms with Crippen LogP contribution >= 0.6 is 0 Å². The molecule has 104 valence electrons. The van der Waals surface area contributed by atoms with Gasteiger partial charge in [-0.15, -0.1) is 0 Å². The van der Waals surface area contributed by atoms with Gasteiger partial charge in [-0.1, -0.05) is 5.16 Å². The third kappa shape index (κ3) is 2.47. The van der Waals surface area contributed by atoms with Crippen LogP contribution in [0.15, 0.2) is 10.6 Å². The molecule has 1 aromatic rings. The lowest BCUT2D eigenvalue weighted by Crippen LogP contribution is -2.42. The maximum Gasteiger partial charge on any atom is 0.241 e. The molecule has 1 N–H and O–H groups in total. The average Bonchev–Trinajstić information content (AvgIpc) is 3.10. The molecular formula is C13H19N3O3. The summed E-state index contributed by atoms with van der Waals surface area (Å²) in [5.74, 6) is 0.615. The lowest BCUT2D eigenvalue weighted by atomic mass is 10.0. The molecule has 0 atom stereocenters. The van der Waals surface area contributed by atoms with Gasteiger partial charge in [-0.2, -0.15) is 0 Å². The number of aromatic nitrogens is 1. The van der Waals surface area contributed by atoms with Crippen molar-refractivity contribution in [1.29, 1.82) is 0 Å². The van der Waals surface area contributed by atoms with E-state index >= 15 is 0 Å². The van der Waals surface area contributed by atoms with Gasteiger partial charge in [0, 0.05) is 19.2 Å². The number of hydrogen-bond donors (Lipinski definition) is 1. The molecule has 1 heterocycles. The molecule has 1 aliphatic rings. The molecule has 19 heavy (non-hydrogen) atoms. The number of rotatable bonds is 5. The molecule has 1 fully saturated rings. The smallest absolute Gasteiger partial charge is 0.241 e. The van der Waals surface area contributed by atoms with Crippen LogP contribution in [-0.4, -0.2) is 35.0 Å². The highest BCUT2D eigenvalue weighted by atomic mass is 16.5. The molecule has 0 aliphatic heterocycles. The molecule has 2 rings (SSSR count). The van der Waals surface area contributed by atoms with Crippen molar-refractivity contribution in [2.24, 2.45) is 5.41 Å². The van der Waals surface area contributed by atoms with Crippen LogP contribution in [0.25, 0.3) is 0 Å². The molecule has 1 aromatic heterocycles. The van der Waals surface area contributed by atoms with Gasteiger partial charge < -0.3 is 14.7 Å².